The molecule has 0 saturated heterocycles. The Balaban J connectivity index is 2.39. The molecule has 1 aliphatic carbocycles. The van der Waals surface area contributed by atoms with Crippen LogP contribution in [0.5, 0.6) is 0 Å². The van der Waals surface area contributed by atoms with Crippen molar-refractivity contribution in [3.63, 3.8) is 0 Å². The summed E-state index contributed by atoms with van der Waals surface area (Å²) in [4.78, 5) is 12.8. The molecular weight excluding hydrogens is 436 g/mol. The fourth-order valence-electron chi connectivity index (χ4n) is 5.25. The molecule has 1 aliphatic rings. The third-order valence-corrected chi connectivity index (χ3v) is 7.07. The molecule has 6 heteroatoms. The van der Waals surface area contributed by atoms with Gasteiger partial charge in [0.2, 0.25) is 0 Å². The lowest BCUT2D eigenvalue weighted by Gasteiger charge is -2.51. The zero-order chi connectivity index (χ0) is 25.8. The van der Waals surface area contributed by atoms with E-state index in [-0.39, 0.29) is 18.6 Å². The van der Waals surface area contributed by atoms with Crippen LogP contribution >= 0.6 is 0 Å². The molecule has 0 aliphatic heterocycles. The van der Waals surface area contributed by atoms with E-state index in [0.29, 0.717) is 5.56 Å². The molecule has 0 heterocycles. The van der Waals surface area contributed by atoms with E-state index >= 15 is 0 Å². The molecule has 0 unspecified atom stereocenters. The Morgan fingerprint density at radius 2 is 1.34 bits per heavy atom. The minimum atomic E-state index is -1.90. The van der Waals surface area contributed by atoms with Crippen molar-refractivity contribution in [1.82, 2.24) is 0 Å². The molecule has 0 N–H and O–H groups in total. The van der Waals surface area contributed by atoms with Gasteiger partial charge in [-0.25, -0.2) is 4.79 Å². The third-order valence-electron chi connectivity index (χ3n) is 7.07. The zero-order valence-corrected chi connectivity index (χ0v) is 20.1. The predicted octanol–water partition coefficient (Wildman–Crippen LogP) is 5.38. The minimum Gasteiger partial charge on any atom is -0.463 e. The topological polar surface area (TPSA) is 121 Å². The highest BCUT2D eigenvalue weighted by atomic mass is 16.5. The Morgan fingerprint density at radius 3 is 1.77 bits per heavy atom. The zero-order valence-electron chi connectivity index (χ0n) is 20.1. The van der Waals surface area contributed by atoms with Crippen LogP contribution < -0.4 is 0 Å². The van der Waals surface area contributed by atoms with E-state index in [0.717, 1.165) is 16.7 Å². The molecule has 35 heavy (non-hydrogen) atoms. The number of rotatable bonds is 5. The van der Waals surface area contributed by atoms with Crippen molar-refractivity contribution in [3.05, 3.63) is 82.9 Å². The van der Waals surface area contributed by atoms with Gasteiger partial charge in [0, 0.05) is 23.3 Å². The maximum Gasteiger partial charge on any atom is 0.333 e. The van der Waals surface area contributed by atoms with E-state index < -0.39 is 34.6 Å². The molecule has 0 spiro atoms. The summed E-state index contributed by atoms with van der Waals surface area (Å²) in [6.45, 7) is 9.53. The second-order valence-corrected chi connectivity index (χ2v) is 9.03. The monoisotopic (exact) mass is 462 g/mol. The number of hydrogen-bond acceptors (Lipinski definition) is 6. The van der Waals surface area contributed by atoms with Gasteiger partial charge in [-0.1, -0.05) is 66.2 Å². The van der Waals surface area contributed by atoms with E-state index in [2.05, 4.69) is 30.9 Å². The van der Waals surface area contributed by atoms with Gasteiger partial charge in [0.05, 0.1) is 30.9 Å². The molecule has 1 saturated carbocycles. The number of hydrogen-bond donors (Lipinski definition) is 0. The highest BCUT2D eigenvalue weighted by Gasteiger charge is 2.66. The van der Waals surface area contributed by atoms with Crippen LogP contribution in [-0.4, -0.2) is 12.6 Å². The molecule has 0 amide bonds. The number of nitrogens with zero attached hydrogens (tertiary/aromatic N) is 4. The molecule has 6 nitrogen and oxygen atoms in total. The van der Waals surface area contributed by atoms with Crippen molar-refractivity contribution in [2.45, 2.75) is 39.0 Å². The van der Waals surface area contributed by atoms with Crippen LogP contribution in [0.1, 0.15) is 47.4 Å². The lowest BCUT2D eigenvalue weighted by molar-refractivity contribution is -0.139. The van der Waals surface area contributed by atoms with Gasteiger partial charge in [-0.05, 0) is 38.3 Å². The largest absolute Gasteiger partial charge is 0.463 e. The number of carbonyl (C=O) groups is 1. The van der Waals surface area contributed by atoms with Crippen LogP contribution in [0, 0.1) is 75.9 Å². The van der Waals surface area contributed by atoms with Crippen LogP contribution in [0.4, 0.5) is 0 Å². The number of carbonyl (C=O) groups excluding carboxylic acids is 1. The lowest BCUT2D eigenvalue weighted by Crippen LogP contribution is -2.52. The number of esters is 1. The van der Waals surface area contributed by atoms with E-state index in [1.807, 2.05) is 50.2 Å². The molecule has 2 aromatic rings. The summed E-state index contributed by atoms with van der Waals surface area (Å²) in [5.74, 6) is -3.46. The fourth-order valence-corrected chi connectivity index (χ4v) is 5.25. The summed E-state index contributed by atoms with van der Waals surface area (Å²) < 4.78 is 5.17. The van der Waals surface area contributed by atoms with Crippen molar-refractivity contribution in [2.24, 2.45) is 16.7 Å². The summed E-state index contributed by atoms with van der Waals surface area (Å²) >= 11 is 0. The van der Waals surface area contributed by atoms with Gasteiger partial charge < -0.3 is 4.74 Å². The number of ether oxygens (including phenoxy) is 1. The van der Waals surface area contributed by atoms with Crippen molar-refractivity contribution >= 4 is 5.97 Å². The first-order valence-corrected chi connectivity index (χ1v) is 11.4. The minimum absolute atomic E-state index is 0.00588. The van der Waals surface area contributed by atoms with Crippen LogP contribution in [0.2, 0.25) is 0 Å². The Kier molecular flexibility index (Phi) is 7.10. The quantitative estimate of drug-likeness (QED) is 0.434. The molecule has 3 rings (SSSR count). The van der Waals surface area contributed by atoms with Gasteiger partial charge >= 0.3 is 5.97 Å². The molecule has 2 aromatic carbocycles. The first kappa shape index (κ1) is 25.2. The molecule has 174 valence electrons. The summed E-state index contributed by atoms with van der Waals surface area (Å²) in [7, 11) is 0. The maximum absolute atomic E-state index is 12.8. The molecular formula is C29H26N4O2. The first-order chi connectivity index (χ1) is 16.7. The number of aryl methyl sites for hydroxylation is 2. The van der Waals surface area contributed by atoms with Gasteiger partial charge in [-0.3, -0.25) is 0 Å². The molecule has 3 atom stereocenters. The van der Waals surface area contributed by atoms with Crippen LogP contribution in [0.25, 0.3) is 0 Å². The molecule has 1 fully saturated rings. The Bertz CT molecular complexity index is 1270. The van der Waals surface area contributed by atoms with Gasteiger partial charge in [0.15, 0.2) is 10.8 Å². The molecule has 0 bridgehead atoms. The van der Waals surface area contributed by atoms with Crippen LogP contribution in [0.3, 0.4) is 0 Å². The van der Waals surface area contributed by atoms with Crippen molar-refractivity contribution in [2.75, 3.05) is 6.61 Å². The van der Waals surface area contributed by atoms with E-state index in [1.54, 1.807) is 19.1 Å². The van der Waals surface area contributed by atoms with Gasteiger partial charge in [-0.15, -0.1) is 0 Å². The SMILES string of the molecule is C=C(C(=O)OCC)[C@H]1C[C@@H](c2ccc(C)cc2)C(C#N)(C#N)[C@@H](c2ccc(C)cc2)C1(C#N)C#N. The van der Waals surface area contributed by atoms with Crippen LogP contribution in [0.15, 0.2) is 60.7 Å². The third kappa shape index (κ3) is 4.05. The standard InChI is InChI=1S/C29H26N4O2/c1-5-35-27(34)21(4)24-14-25(22-10-6-19(2)7-11-22)29(17-32,18-33)26(28(24,15-30)16-31)23-12-8-20(3)9-13-23/h6-13,24-26H,4-5,14H2,1-3H3/t24-,25+,26+/m1/s1. The van der Waals surface area contributed by atoms with E-state index in [9.17, 15) is 25.8 Å². The predicted molar refractivity (Wildman–Crippen MR) is 129 cm³/mol. The summed E-state index contributed by atoms with van der Waals surface area (Å²) in [6, 6.07) is 23.3. The first-order valence-electron chi connectivity index (χ1n) is 11.4. The Labute approximate surface area is 206 Å². The Hall–Kier alpha value is -4.39. The second-order valence-electron chi connectivity index (χ2n) is 9.03. The normalized spacial score (nSPS) is 21.9. The molecule has 0 radical (unpaired) electrons. The van der Waals surface area contributed by atoms with Crippen LogP contribution in [-0.2, 0) is 9.53 Å². The summed E-state index contributed by atoms with van der Waals surface area (Å²) in [6.07, 6.45) is 0.0469. The van der Waals surface area contributed by atoms with Crippen molar-refractivity contribution in [3.8, 4) is 24.3 Å². The average molecular weight is 463 g/mol. The van der Waals surface area contributed by atoms with Crippen molar-refractivity contribution in [1.29, 1.82) is 21.0 Å². The van der Waals surface area contributed by atoms with Gasteiger partial charge in [0.1, 0.15) is 0 Å². The second kappa shape index (κ2) is 9.85. The van der Waals surface area contributed by atoms with Gasteiger partial charge in [0.25, 0.3) is 0 Å². The highest BCUT2D eigenvalue weighted by Crippen LogP contribution is 2.64. The van der Waals surface area contributed by atoms with E-state index in [4.69, 9.17) is 4.74 Å². The van der Waals surface area contributed by atoms with Gasteiger partial charge in [-0.2, -0.15) is 21.0 Å². The summed E-state index contributed by atoms with van der Waals surface area (Å²) in [5.41, 5.74) is -0.454. The highest BCUT2D eigenvalue weighted by molar-refractivity contribution is 5.89. The average Bonchev–Trinajstić information content (AvgIpc) is 2.88. The summed E-state index contributed by atoms with van der Waals surface area (Å²) in [5, 5.41) is 42.1. The maximum atomic E-state index is 12.8. The van der Waals surface area contributed by atoms with Crippen molar-refractivity contribution < 1.29 is 9.53 Å². The molecule has 0 aromatic heterocycles. The Morgan fingerprint density at radius 1 is 0.886 bits per heavy atom. The number of benzene rings is 2. The van der Waals surface area contributed by atoms with E-state index in [1.165, 1.54) is 0 Å². The smallest absolute Gasteiger partial charge is 0.333 e. The lowest BCUT2D eigenvalue weighted by atomic mass is 9.45. The number of nitriles is 4. The fraction of sp³-hybridized carbons (Fsp3) is 0.345.